The van der Waals surface area contributed by atoms with Crippen LogP contribution in [-0.4, -0.2) is 22.0 Å². The third kappa shape index (κ3) is 10.5. The normalized spacial score (nSPS) is 11.3. The van der Waals surface area contributed by atoms with Crippen molar-refractivity contribution in [3.63, 3.8) is 0 Å². The largest absolute Gasteiger partial charge is 0.352 e. The molecule has 1 heterocycles. The summed E-state index contributed by atoms with van der Waals surface area (Å²) in [5.74, 6) is 0.944. The Hall–Kier alpha value is -2.33. The number of unbranched alkanes of at least 4 members (excludes halogenated alkanes) is 13. The molecular weight excluding hydrogens is 478 g/mol. The molecule has 0 fully saturated rings. The molecule has 0 aliphatic heterocycles. The van der Waals surface area contributed by atoms with Crippen molar-refractivity contribution < 1.29 is 4.79 Å². The number of benzene rings is 2. The zero-order valence-electron chi connectivity index (χ0n) is 22.8. The number of nitrogens with zero attached hydrogens (tertiary/aromatic N) is 2. The van der Waals surface area contributed by atoms with Crippen molar-refractivity contribution in [2.24, 2.45) is 0 Å². The SMILES string of the molecule is CCCCCCCCCCCCCCCCn1c(CCNC(=O)c2cccc(Cl)c2)nc2ccccc21. The van der Waals surface area contributed by atoms with Gasteiger partial charge in [0.05, 0.1) is 11.0 Å². The molecule has 202 valence electrons. The summed E-state index contributed by atoms with van der Waals surface area (Å²) in [6.07, 6.45) is 19.8. The van der Waals surface area contributed by atoms with E-state index in [2.05, 4.69) is 35.0 Å². The maximum atomic E-state index is 12.5. The number of aryl methyl sites for hydroxylation is 1. The maximum absolute atomic E-state index is 12.5. The molecule has 0 aliphatic carbocycles. The number of imidazole rings is 1. The van der Waals surface area contributed by atoms with Crippen molar-refractivity contribution in [3.8, 4) is 0 Å². The van der Waals surface area contributed by atoms with Gasteiger partial charge >= 0.3 is 0 Å². The number of rotatable bonds is 19. The molecule has 0 spiro atoms. The first-order valence-electron chi connectivity index (χ1n) is 14.7. The van der Waals surface area contributed by atoms with Gasteiger partial charge in [0.2, 0.25) is 0 Å². The third-order valence-electron chi connectivity index (χ3n) is 7.19. The van der Waals surface area contributed by atoms with Gasteiger partial charge in [-0.25, -0.2) is 4.98 Å². The first-order chi connectivity index (χ1) is 18.2. The van der Waals surface area contributed by atoms with Gasteiger partial charge in [-0.05, 0) is 36.8 Å². The van der Waals surface area contributed by atoms with Crippen molar-refractivity contribution in [2.45, 2.75) is 110 Å². The van der Waals surface area contributed by atoms with Crippen LogP contribution in [0.2, 0.25) is 5.02 Å². The Kier molecular flexibility index (Phi) is 13.6. The summed E-state index contributed by atoms with van der Waals surface area (Å²) in [7, 11) is 0. The van der Waals surface area contributed by atoms with Crippen LogP contribution in [0.5, 0.6) is 0 Å². The molecule has 3 aromatic rings. The average Bonchev–Trinajstić information content (AvgIpc) is 3.26. The second kappa shape index (κ2) is 17.2. The minimum absolute atomic E-state index is 0.0999. The first-order valence-corrected chi connectivity index (χ1v) is 15.0. The van der Waals surface area contributed by atoms with Crippen LogP contribution < -0.4 is 5.32 Å². The number of nitrogens with one attached hydrogen (secondary N) is 1. The number of aromatic nitrogens is 2. The molecule has 0 atom stereocenters. The highest BCUT2D eigenvalue weighted by atomic mass is 35.5. The van der Waals surface area contributed by atoms with E-state index in [0.29, 0.717) is 23.6 Å². The van der Waals surface area contributed by atoms with Crippen molar-refractivity contribution in [3.05, 3.63) is 64.9 Å². The Balaban J connectivity index is 1.34. The van der Waals surface area contributed by atoms with Gasteiger partial charge in [-0.3, -0.25) is 4.79 Å². The zero-order valence-corrected chi connectivity index (χ0v) is 23.6. The van der Waals surface area contributed by atoms with Crippen LogP contribution in [0.4, 0.5) is 0 Å². The van der Waals surface area contributed by atoms with Gasteiger partial charge in [0.25, 0.3) is 5.91 Å². The number of halogens is 1. The van der Waals surface area contributed by atoms with Gasteiger partial charge in [-0.1, -0.05) is 120 Å². The molecule has 0 saturated heterocycles. The van der Waals surface area contributed by atoms with E-state index in [1.807, 2.05) is 6.07 Å². The lowest BCUT2D eigenvalue weighted by Gasteiger charge is -2.10. The van der Waals surface area contributed by atoms with Crippen LogP contribution in [0.15, 0.2) is 48.5 Å². The highest BCUT2D eigenvalue weighted by molar-refractivity contribution is 6.30. The molecule has 5 heteroatoms. The lowest BCUT2D eigenvalue weighted by molar-refractivity contribution is 0.0954. The van der Waals surface area contributed by atoms with Crippen LogP contribution in [0.3, 0.4) is 0 Å². The highest BCUT2D eigenvalue weighted by Crippen LogP contribution is 2.19. The second-order valence-corrected chi connectivity index (χ2v) is 10.7. The number of carbonyl (C=O) groups excluding carboxylic acids is 1. The topological polar surface area (TPSA) is 46.9 Å². The second-order valence-electron chi connectivity index (χ2n) is 10.3. The van der Waals surface area contributed by atoms with Gasteiger partial charge in [0.15, 0.2) is 0 Å². The fourth-order valence-corrected chi connectivity index (χ4v) is 5.24. The minimum atomic E-state index is -0.0999. The quantitative estimate of drug-likeness (QED) is 0.159. The zero-order chi connectivity index (χ0) is 26.1. The molecule has 3 rings (SSSR count). The fraction of sp³-hybridized carbons (Fsp3) is 0.562. The lowest BCUT2D eigenvalue weighted by Crippen LogP contribution is -2.26. The summed E-state index contributed by atoms with van der Waals surface area (Å²) in [5, 5.41) is 3.59. The molecule has 0 radical (unpaired) electrons. The molecule has 0 bridgehead atoms. The molecule has 1 amide bonds. The van der Waals surface area contributed by atoms with E-state index in [1.54, 1.807) is 24.3 Å². The lowest BCUT2D eigenvalue weighted by atomic mass is 10.0. The minimum Gasteiger partial charge on any atom is -0.352 e. The maximum Gasteiger partial charge on any atom is 0.251 e. The summed E-state index contributed by atoms with van der Waals surface area (Å²) >= 11 is 6.02. The highest BCUT2D eigenvalue weighted by Gasteiger charge is 2.11. The van der Waals surface area contributed by atoms with Gasteiger partial charge in [0.1, 0.15) is 5.82 Å². The van der Waals surface area contributed by atoms with E-state index in [0.717, 1.165) is 17.9 Å². The Morgan fingerprint density at radius 3 is 2.08 bits per heavy atom. The molecule has 4 nitrogen and oxygen atoms in total. The van der Waals surface area contributed by atoms with Gasteiger partial charge < -0.3 is 9.88 Å². The Bertz CT molecular complexity index is 1060. The van der Waals surface area contributed by atoms with Crippen molar-refractivity contribution >= 4 is 28.5 Å². The molecule has 37 heavy (non-hydrogen) atoms. The third-order valence-corrected chi connectivity index (χ3v) is 7.42. The Morgan fingerprint density at radius 1 is 0.811 bits per heavy atom. The number of fused-ring (bicyclic) bond motifs is 1. The van der Waals surface area contributed by atoms with E-state index < -0.39 is 0 Å². The first kappa shape index (κ1) is 29.2. The fourth-order valence-electron chi connectivity index (χ4n) is 5.05. The van der Waals surface area contributed by atoms with E-state index >= 15 is 0 Å². The average molecular weight is 524 g/mol. The van der Waals surface area contributed by atoms with Crippen molar-refractivity contribution in [2.75, 3.05) is 6.54 Å². The van der Waals surface area contributed by atoms with E-state index in [1.165, 1.54) is 95.4 Å². The molecule has 1 N–H and O–H groups in total. The van der Waals surface area contributed by atoms with Gasteiger partial charge in [-0.2, -0.15) is 0 Å². The Morgan fingerprint density at radius 2 is 1.43 bits per heavy atom. The van der Waals surface area contributed by atoms with Crippen molar-refractivity contribution in [1.29, 1.82) is 0 Å². The standard InChI is InChI=1S/C32H46ClN3O/c1-2-3-4-5-6-7-8-9-10-11-12-13-14-17-25-36-30-22-16-15-21-29(30)35-31(36)23-24-34-32(37)27-19-18-20-28(33)26-27/h15-16,18-22,26H,2-14,17,23-25H2,1H3,(H,34,37). The molecule has 0 saturated carbocycles. The summed E-state index contributed by atoms with van der Waals surface area (Å²) in [5.41, 5.74) is 2.81. The summed E-state index contributed by atoms with van der Waals surface area (Å²) in [4.78, 5) is 17.3. The van der Waals surface area contributed by atoms with Gasteiger partial charge in [-0.15, -0.1) is 0 Å². The molecule has 2 aromatic carbocycles. The number of hydrogen-bond donors (Lipinski definition) is 1. The van der Waals surface area contributed by atoms with Crippen LogP contribution in [0.25, 0.3) is 11.0 Å². The predicted octanol–water partition coefficient (Wildman–Crippen LogP) is 9.14. The molecular formula is C32H46ClN3O. The molecule has 1 aromatic heterocycles. The molecule has 0 aliphatic rings. The summed E-state index contributed by atoms with van der Waals surface area (Å²) in [6.45, 7) is 3.81. The Labute approximate surface area is 229 Å². The molecule has 0 unspecified atom stereocenters. The predicted molar refractivity (Wildman–Crippen MR) is 158 cm³/mol. The van der Waals surface area contributed by atoms with E-state index in [-0.39, 0.29) is 5.91 Å². The number of amides is 1. The summed E-state index contributed by atoms with van der Waals surface area (Å²) < 4.78 is 2.35. The van der Waals surface area contributed by atoms with E-state index in [9.17, 15) is 4.79 Å². The summed E-state index contributed by atoms with van der Waals surface area (Å²) in [6, 6.07) is 15.4. The number of hydrogen-bond acceptors (Lipinski definition) is 2. The van der Waals surface area contributed by atoms with Crippen LogP contribution in [0.1, 0.15) is 113 Å². The smallest absolute Gasteiger partial charge is 0.251 e. The van der Waals surface area contributed by atoms with E-state index in [4.69, 9.17) is 16.6 Å². The van der Waals surface area contributed by atoms with Gasteiger partial charge in [0, 0.05) is 30.1 Å². The van der Waals surface area contributed by atoms with Crippen molar-refractivity contribution in [1.82, 2.24) is 14.9 Å². The van der Waals surface area contributed by atoms with Crippen LogP contribution in [0, 0.1) is 0 Å². The number of para-hydroxylation sites is 2. The van der Waals surface area contributed by atoms with Crippen LogP contribution >= 0.6 is 11.6 Å². The number of carbonyl (C=O) groups is 1. The monoisotopic (exact) mass is 523 g/mol. The van der Waals surface area contributed by atoms with Crippen LogP contribution in [-0.2, 0) is 13.0 Å².